The number of rotatable bonds is 16. The highest BCUT2D eigenvalue weighted by atomic mass is 16.6. The Morgan fingerprint density at radius 1 is 1.08 bits per heavy atom. The summed E-state index contributed by atoms with van der Waals surface area (Å²) in [5.74, 6) is -0.323. The van der Waals surface area contributed by atoms with Crippen LogP contribution in [0.3, 0.4) is 0 Å². The summed E-state index contributed by atoms with van der Waals surface area (Å²) in [6, 6.07) is 6.86. The number of nitrogens with one attached hydrogen (secondary N) is 3. The van der Waals surface area contributed by atoms with E-state index in [1.54, 1.807) is 51.0 Å². The zero-order valence-corrected chi connectivity index (χ0v) is 27.8. The van der Waals surface area contributed by atoms with Gasteiger partial charge < -0.3 is 30.1 Å². The average Bonchev–Trinajstić information content (AvgIpc) is 3.76. The van der Waals surface area contributed by atoms with Gasteiger partial charge in [0.25, 0.3) is 0 Å². The second kappa shape index (κ2) is 17.7. The first-order valence-corrected chi connectivity index (χ1v) is 15.7. The van der Waals surface area contributed by atoms with E-state index in [-0.39, 0.29) is 32.7 Å². The molecule has 5 amide bonds. The number of carboxylic acids is 1. The summed E-state index contributed by atoms with van der Waals surface area (Å²) in [5, 5.41) is 17.8. The molecule has 2 aliphatic rings. The summed E-state index contributed by atoms with van der Waals surface area (Å²) in [5.41, 5.74) is 0.621. The highest BCUT2D eigenvalue weighted by Gasteiger charge is 2.45. The third-order valence-electron chi connectivity index (χ3n) is 7.68. The Morgan fingerprint density at radius 2 is 1.76 bits per heavy atom. The van der Waals surface area contributed by atoms with Crippen LogP contribution in [-0.4, -0.2) is 153 Å². The van der Waals surface area contributed by atoms with E-state index in [1.165, 1.54) is 12.3 Å². The van der Waals surface area contributed by atoms with Crippen molar-refractivity contribution in [2.45, 2.75) is 51.6 Å². The van der Waals surface area contributed by atoms with Crippen molar-refractivity contribution in [3.63, 3.8) is 0 Å². The van der Waals surface area contributed by atoms with Crippen LogP contribution in [0.1, 0.15) is 32.8 Å². The Labute approximate surface area is 295 Å². The molecule has 0 bridgehead atoms. The molecule has 4 N–H and O–H groups in total. The minimum absolute atomic E-state index is 0.0196. The summed E-state index contributed by atoms with van der Waals surface area (Å²) in [4.78, 5) is 65.7. The lowest BCUT2D eigenvalue weighted by Crippen LogP contribution is -2.64. The Bertz CT molecular complexity index is 1420. The van der Waals surface area contributed by atoms with E-state index >= 15 is 0 Å². The number of aliphatic carboxylic acids is 1. The number of carbonyl (C=O) groups excluding carboxylic acids is 4. The number of carbonyl (C=O) groups is 5. The van der Waals surface area contributed by atoms with Gasteiger partial charge >= 0.3 is 24.2 Å². The Morgan fingerprint density at radius 3 is 2.33 bits per heavy atom. The molecular weight excluding hydrogens is 618 g/mol. The van der Waals surface area contributed by atoms with Gasteiger partial charge in [-0.3, -0.25) is 15.0 Å². The molecule has 240 valence electrons. The molecule has 2 atom stereocenters. The molecule has 13 nitrogen and oxygen atoms in total. The predicted molar refractivity (Wildman–Crippen MR) is 196 cm³/mol. The lowest BCUT2D eigenvalue weighted by atomic mass is 8.57. The Balaban J connectivity index is 1.69. The van der Waals surface area contributed by atoms with Crippen molar-refractivity contribution in [2.24, 2.45) is 0 Å². The maximum absolute atomic E-state index is 13.7. The first-order chi connectivity index (χ1) is 23.0. The lowest BCUT2D eigenvalue weighted by molar-refractivity contribution is -0.150. The summed E-state index contributed by atoms with van der Waals surface area (Å²) in [6.45, 7) is 3.71. The minimum atomic E-state index is -1.41. The van der Waals surface area contributed by atoms with Gasteiger partial charge in [0.15, 0.2) is 0 Å². The van der Waals surface area contributed by atoms with E-state index in [0.717, 1.165) is 15.4 Å². The lowest BCUT2D eigenvalue weighted by Gasteiger charge is -2.33. The molecule has 0 saturated heterocycles. The van der Waals surface area contributed by atoms with Crippen molar-refractivity contribution >= 4 is 101 Å². The monoisotopic (exact) mass is 653 g/mol. The molecule has 2 unspecified atom stereocenters. The Kier molecular flexibility index (Phi) is 14.3. The number of carboxylic acid groups (broad SMARTS) is 1. The number of amides is 5. The molecule has 2 aliphatic heterocycles. The van der Waals surface area contributed by atoms with Gasteiger partial charge in [-0.05, 0) is 38.8 Å². The third-order valence-corrected chi connectivity index (χ3v) is 7.68. The summed E-state index contributed by atoms with van der Waals surface area (Å²) >= 11 is 0. The average molecular weight is 652 g/mol. The smallest absolute Gasteiger partial charge is 0.409 e. The molecular formula is C26H33B10N5O8. The zero-order valence-electron chi connectivity index (χ0n) is 27.8. The highest BCUT2D eigenvalue weighted by Crippen LogP contribution is 2.29. The van der Waals surface area contributed by atoms with Crippen LogP contribution in [-0.2, 0) is 25.7 Å². The van der Waals surface area contributed by atoms with Gasteiger partial charge in [-0.2, -0.15) is 0 Å². The van der Waals surface area contributed by atoms with Gasteiger partial charge in [-0.1, -0.05) is 30.3 Å². The number of hydrogen-bond acceptors (Lipinski definition) is 7. The second-order valence-electron chi connectivity index (χ2n) is 12.8. The number of benzene rings is 1. The molecule has 2 heterocycles. The maximum atomic E-state index is 13.7. The van der Waals surface area contributed by atoms with Crippen LogP contribution in [0.4, 0.5) is 14.4 Å². The van der Waals surface area contributed by atoms with Crippen LogP contribution in [0, 0.1) is 0 Å². The maximum Gasteiger partial charge on any atom is 0.409 e. The van der Waals surface area contributed by atoms with Gasteiger partial charge in [0.2, 0.25) is 5.91 Å². The molecule has 0 aromatic heterocycles. The first-order valence-electron chi connectivity index (χ1n) is 15.7. The van der Waals surface area contributed by atoms with Crippen LogP contribution >= 0.6 is 0 Å². The van der Waals surface area contributed by atoms with Crippen LogP contribution in [0.5, 0.6) is 0 Å². The molecule has 10 radical (unpaired) electrons. The van der Waals surface area contributed by atoms with Crippen LogP contribution in [0.25, 0.3) is 0 Å². The van der Waals surface area contributed by atoms with Crippen molar-refractivity contribution in [2.75, 3.05) is 19.6 Å². The van der Waals surface area contributed by atoms with E-state index in [1.807, 2.05) is 6.07 Å². The van der Waals surface area contributed by atoms with Crippen molar-refractivity contribution in [3.8, 4) is 0 Å². The largest absolute Gasteiger partial charge is 0.480 e. The van der Waals surface area contributed by atoms with Crippen LogP contribution in [0.2, 0.25) is 0 Å². The number of ether oxygens (including phenoxy) is 2. The molecule has 1 aromatic carbocycles. The zero-order chi connectivity index (χ0) is 36.5. The molecule has 0 saturated carbocycles. The predicted octanol–water partition coefficient (Wildman–Crippen LogP) is -1.89. The molecule has 0 spiro atoms. The summed E-state index contributed by atoms with van der Waals surface area (Å²) in [6.07, 6.45) is -3.09. The molecule has 0 fully saturated rings. The fraction of sp³-hybridized carbons (Fsp3) is 0.423. The quantitative estimate of drug-likeness (QED) is 0.151. The minimum Gasteiger partial charge on any atom is -0.480 e. The van der Waals surface area contributed by atoms with E-state index < -0.39 is 80.0 Å². The van der Waals surface area contributed by atoms with Crippen molar-refractivity contribution in [1.29, 1.82) is 0 Å². The van der Waals surface area contributed by atoms with Gasteiger partial charge in [-0.25, -0.2) is 19.2 Å². The summed E-state index contributed by atoms with van der Waals surface area (Å²) in [7, 11) is 29.6. The fourth-order valence-corrected chi connectivity index (χ4v) is 5.20. The number of hydrogen-bond donors (Lipinski definition) is 4. The number of alkyl carbamates (subject to hydrolysis) is 2. The fourth-order valence-electron chi connectivity index (χ4n) is 5.20. The normalized spacial score (nSPS) is 15.5. The van der Waals surface area contributed by atoms with E-state index in [2.05, 4.69) is 16.0 Å². The highest BCUT2D eigenvalue weighted by molar-refractivity contribution is 8.01. The standard InChI is InChI=1S/C26H33B10N5O8/c1-26(2,3)49-24(46)37-10-12-41(19(22(43)44)13-18-14-32(18)36(34(29)30)35(31)33(27)28)21(42)15-40-11-9-20(38-23(40)45)39-25(47)48-16-17-7-5-4-6-8-17/h4-9,11,14,19-20H,10,12-13,15-16H2,1-3H3,(H,37,46)(H,38,45)(H,39,47)(H,43,44). The van der Waals surface area contributed by atoms with Gasteiger partial charge in [0.05, 0.1) is 0 Å². The van der Waals surface area contributed by atoms with E-state index in [9.17, 15) is 29.1 Å². The number of nitrogens with zero attached hydrogens (tertiary/aromatic N) is 2. The van der Waals surface area contributed by atoms with Crippen LogP contribution < -0.4 is 16.0 Å². The molecule has 0 aliphatic carbocycles. The van der Waals surface area contributed by atoms with E-state index in [0.29, 0.717) is 5.47 Å². The Hall–Kier alpha value is -3.90. The van der Waals surface area contributed by atoms with Gasteiger partial charge in [0, 0.05) is 83.5 Å². The second-order valence-corrected chi connectivity index (χ2v) is 12.8. The molecule has 49 heavy (non-hydrogen) atoms. The van der Waals surface area contributed by atoms with Crippen LogP contribution in [0.15, 0.2) is 54.1 Å². The van der Waals surface area contributed by atoms with Crippen molar-refractivity contribution in [3.05, 3.63) is 59.6 Å². The topological polar surface area (TPSA) is 167 Å². The third kappa shape index (κ3) is 12.5. The first kappa shape index (κ1) is 39.5. The van der Waals surface area contributed by atoms with Crippen molar-refractivity contribution in [1.82, 2.24) is 25.8 Å². The molecule has 3 rings (SSSR count). The number of urea groups is 1. The molecule has 1 aromatic rings. The summed E-state index contributed by atoms with van der Waals surface area (Å²) < 4.78 is 10.4. The van der Waals surface area contributed by atoms with Gasteiger partial charge in [0.1, 0.15) is 37.6 Å². The van der Waals surface area contributed by atoms with E-state index in [4.69, 9.17) is 48.2 Å². The van der Waals surface area contributed by atoms with Gasteiger partial charge in [-0.15, -0.1) is 11.4 Å². The molecule has 23 heteroatoms. The van der Waals surface area contributed by atoms with Crippen molar-refractivity contribution < 1.29 is 38.6 Å². The SMILES string of the molecule is [B]B([B])B([B])B(B([B])[B])B1C=C1CC(C(=O)O)N(CCNC(=O)OC(C)(C)C)C(=O)CN1C=CC(NC(=O)OCc2ccccc2)NC1=O.